The van der Waals surface area contributed by atoms with Gasteiger partial charge in [-0.3, -0.25) is 0 Å². The molecule has 2 rings (SSSR count). The van der Waals surface area contributed by atoms with E-state index in [0.29, 0.717) is 18.9 Å². The van der Waals surface area contributed by atoms with Crippen LogP contribution in [0.4, 0.5) is 8.78 Å². The summed E-state index contributed by atoms with van der Waals surface area (Å²) in [5.74, 6) is -0.612. The van der Waals surface area contributed by atoms with Gasteiger partial charge in [0.15, 0.2) is 0 Å². The van der Waals surface area contributed by atoms with Crippen LogP contribution in [0, 0.1) is 17.6 Å². The number of rotatable bonds is 5. The summed E-state index contributed by atoms with van der Waals surface area (Å²) >= 11 is 0. The van der Waals surface area contributed by atoms with E-state index in [-0.39, 0.29) is 17.7 Å². The average molecular weight is 269 g/mol. The summed E-state index contributed by atoms with van der Waals surface area (Å²) < 4.78 is 33.0. The number of hydrogen-bond acceptors (Lipinski definition) is 2. The number of ether oxygens (including phenoxy) is 1. The third-order valence-electron chi connectivity index (χ3n) is 3.75. The van der Waals surface area contributed by atoms with Crippen LogP contribution in [0.2, 0.25) is 0 Å². The zero-order valence-electron chi connectivity index (χ0n) is 11.5. The Morgan fingerprint density at radius 3 is 2.58 bits per heavy atom. The number of halogens is 2. The maximum Gasteiger partial charge on any atom is 0.129 e. The predicted octanol–water partition coefficient (Wildman–Crippen LogP) is 2.91. The molecule has 1 saturated heterocycles. The third kappa shape index (κ3) is 3.51. The lowest BCUT2D eigenvalue weighted by atomic mass is 9.91. The minimum absolute atomic E-state index is 0.0568. The minimum Gasteiger partial charge on any atom is -0.378 e. The van der Waals surface area contributed by atoms with Gasteiger partial charge in [0.05, 0.1) is 12.7 Å². The smallest absolute Gasteiger partial charge is 0.129 e. The molecule has 1 aromatic carbocycles. The molecule has 3 atom stereocenters. The zero-order valence-corrected chi connectivity index (χ0v) is 11.5. The largest absolute Gasteiger partial charge is 0.378 e. The summed E-state index contributed by atoms with van der Waals surface area (Å²) in [6.45, 7) is 5.48. The lowest BCUT2D eigenvalue weighted by Gasteiger charge is -2.24. The molecule has 0 saturated carbocycles. The summed E-state index contributed by atoms with van der Waals surface area (Å²) in [7, 11) is 0. The van der Waals surface area contributed by atoms with Crippen LogP contribution in [0.15, 0.2) is 18.2 Å². The van der Waals surface area contributed by atoms with Crippen LogP contribution in [-0.2, 0) is 11.2 Å². The normalized spacial score (nSPS) is 24.6. The Morgan fingerprint density at radius 1 is 1.37 bits per heavy atom. The summed E-state index contributed by atoms with van der Waals surface area (Å²) in [5.41, 5.74) is 0.174. The van der Waals surface area contributed by atoms with Crippen molar-refractivity contribution in [2.24, 2.45) is 5.92 Å². The van der Waals surface area contributed by atoms with Crippen molar-refractivity contribution in [3.05, 3.63) is 35.4 Å². The average Bonchev–Trinajstić information content (AvgIpc) is 2.79. The first-order chi connectivity index (χ1) is 9.11. The molecule has 2 nitrogen and oxygen atoms in total. The summed E-state index contributed by atoms with van der Waals surface area (Å²) in [4.78, 5) is 0. The van der Waals surface area contributed by atoms with Crippen molar-refractivity contribution in [1.82, 2.24) is 5.32 Å². The number of likely N-dealkylation sites (N-methyl/N-ethyl adjacent to an activating group) is 1. The van der Waals surface area contributed by atoms with Gasteiger partial charge in [-0.25, -0.2) is 8.78 Å². The molecule has 0 bridgehead atoms. The number of nitrogens with one attached hydrogen (secondary N) is 1. The zero-order chi connectivity index (χ0) is 13.8. The molecule has 0 aliphatic carbocycles. The second kappa shape index (κ2) is 6.44. The molecule has 19 heavy (non-hydrogen) atoms. The molecule has 106 valence electrons. The molecule has 1 heterocycles. The molecule has 0 spiro atoms. The van der Waals surface area contributed by atoms with Crippen molar-refractivity contribution in [3.8, 4) is 0 Å². The van der Waals surface area contributed by atoms with Gasteiger partial charge in [0.2, 0.25) is 0 Å². The van der Waals surface area contributed by atoms with Gasteiger partial charge in [-0.2, -0.15) is 0 Å². The molecule has 4 heteroatoms. The topological polar surface area (TPSA) is 21.3 Å². The monoisotopic (exact) mass is 269 g/mol. The first-order valence-corrected chi connectivity index (χ1v) is 6.89. The quantitative estimate of drug-likeness (QED) is 0.887. The molecule has 0 aromatic heterocycles. The van der Waals surface area contributed by atoms with Crippen LogP contribution in [0.3, 0.4) is 0 Å². The Kier molecular flexibility index (Phi) is 4.88. The number of benzene rings is 1. The maximum absolute atomic E-state index is 13.7. The van der Waals surface area contributed by atoms with Crippen LogP contribution < -0.4 is 5.32 Å². The first-order valence-electron chi connectivity index (χ1n) is 6.89. The van der Waals surface area contributed by atoms with E-state index in [0.717, 1.165) is 13.0 Å². The molecule has 1 aliphatic rings. The fourth-order valence-corrected chi connectivity index (χ4v) is 2.75. The van der Waals surface area contributed by atoms with Crippen LogP contribution >= 0.6 is 0 Å². The van der Waals surface area contributed by atoms with Crippen molar-refractivity contribution in [2.75, 3.05) is 13.2 Å². The molecule has 3 unspecified atom stereocenters. The van der Waals surface area contributed by atoms with Crippen molar-refractivity contribution < 1.29 is 13.5 Å². The molecule has 1 N–H and O–H groups in total. The van der Waals surface area contributed by atoms with E-state index in [9.17, 15) is 8.78 Å². The van der Waals surface area contributed by atoms with Crippen LogP contribution in [-0.4, -0.2) is 25.3 Å². The van der Waals surface area contributed by atoms with Gasteiger partial charge in [-0.05, 0) is 38.4 Å². The Balaban J connectivity index is 2.12. The van der Waals surface area contributed by atoms with E-state index in [1.165, 1.54) is 18.2 Å². The molecular weight excluding hydrogens is 248 g/mol. The second-order valence-electron chi connectivity index (χ2n) is 5.21. The minimum atomic E-state index is -0.463. The van der Waals surface area contributed by atoms with Gasteiger partial charge in [0.1, 0.15) is 11.6 Å². The summed E-state index contributed by atoms with van der Waals surface area (Å²) in [6.07, 6.45) is 1.54. The molecule has 1 aromatic rings. The van der Waals surface area contributed by atoms with Crippen LogP contribution in [0.1, 0.15) is 25.8 Å². The predicted molar refractivity (Wildman–Crippen MR) is 71.0 cm³/mol. The Hall–Kier alpha value is -1.00. The number of hydrogen-bond donors (Lipinski definition) is 1. The standard InChI is InChI=1S/C15H21F2NO/c1-3-18-15(11-7-10(2)19-9-11)8-12-13(16)5-4-6-14(12)17/h4-6,10-11,15,18H,3,7-9H2,1-2H3. The third-order valence-corrected chi connectivity index (χ3v) is 3.75. The fraction of sp³-hybridized carbons (Fsp3) is 0.600. The Labute approximate surface area is 113 Å². The molecule has 0 amide bonds. The SMILES string of the molecule is CCNC(Cc1c(F)cccc1F)C1COC(C)C1. The van der Waals surface area contributed by atoms with E-state index in [4.69, 9.17) is 4.74 Å². The lowest BCUT2D eigenvalue weighted by Crippen LogP contribution is -2.38. The molecule has 0 radical (unpaired) electrons. The summed E-state index contributed by atoms with van der Waals surface area (Å²) in [6, 6.07) is 4.09. The van der Waals surface area contributed by atoms with E-state index in [1.54, 1.807) is 0 Å². The lowest BCUT2D eigenvalue weighted by molar-refractivity contribution is 0.117. The highest BCUT2D eigenvalue weighted by Gasteiger charge is 2.30. The highest BCUT2D eigenvalue weighted by atomic mass is 19.1. The van der Waals surface area contributed by atoms with Gasteiger partial charge >= 0.3 is 0 Å². The molecule has 1 fully saturated rings. The first kappa shape index (κ1) is 14.4. The second-order valence-corrected chi connectivity index (χ2v) is 5.21. The van der Waals surface area contributed by atoms with E-state index < -0.39 is 11.6 Å². The highest BCUT2D eigenvalue weighted by Crippen LogP contribution is 2.25. The maximum atomic E-state index is 13.7. The van der Waals surface area contributed by atoms with E-state index in [1.807, 2.05) is 13.8 Å². The Morgan fingerprint density at radius 2 is 2.05 bits per heavy atom. The van der Waals surface area contributed by atoms with Gasteiger partial charge in [-0.1, -0.05) is 13.0 Å². The Bertz CT molecular complexity index is 404. The van der Waals surface area contributed by atoms with E-state index >= 15 is 0 Å². The van der Waals surface area contributed by atoms with Gasteiger partial charge < -0.3 is 10.1 Å². The fourth-order valence-electron chi connectivity index (χ4n) is 2.75. The molecular formula is C15H21F2NO. The van der Waals surface area contributed by atoms with Gasteiger partial charge in [0.25, 0.3) is 0 Å². The van der Waals surface area contributed by atoms with Crippen LogP contribution in [0.25, 0.3) is 0 Å². The summed E-state index contributed by atoms with van der Waals surface area (Å²) in [5, 5.41) is 3.33. The van der Waals surface area contributed by atoms with Crippen molar-refractivity contribution in [1.29, 1.82) is 0 Å². The highest BCUT2D eigenvalue weighted by molar-refractivity contribution is 5.21. The van der Waals surface area contributed by atoms with Crippen LogP contribution in [0.5, 0.6) is 0 Å². The molecule has 1 aliphatic heterocycles. The van der Waals surface area contributed by atoms with Crippen molar-refractivity contribution >= 4 is 0 Å². The van der Waals surface area contributed by atoms with Crippen molar-refractivity contribution in [3.63, 3.8) is 0 Å². The van der Waals surface area contributed by atoms with Crippen molar-refractivity contribution in [2.45, 2.75) is 38.8 Å². The van der Waals surface area contributed by atoms with Gasteiger partial charge in [-0.15, -0.1) is 0 Å². The van der Waals surface area contributed by atoms with Gasteiger partial charge in [0, 0.05) is 17.5 Å². The van der Waals surface area contributed by atoms with E-state index in [2.05, 4.69) is 5.32 Å².